The van der Waals surface area contributed by atoms with Gasteiger partial charge in [0.2, 0.25) is 0 Å². The van der Waals surface area contributed by atoms with Gasteiger partial charge < -0.3 is 33.6 Å². The lowest BCUT2D eigenvalue weighted by atomic mass is 9.36. The van der Waals surface area contributed by atoms with Crippen LogP contribution in [0.2, 0.25) is 0 Å². The van der Waals surface area contributed by atoms with Crippen molar-refractivity contribution < 1.29 is 52.8 Å². The highest BCUT2D eigenvalue weighted by atomic mass is 16.6. The van der Waals surface area contributed by atoms with Gasteiger partial charge >= 0.3 is 17.9 Å². The molecule has 5 fully saturated rings. The number of Topliss-reactive ketones (excluding diaryl/α,β-unsaturated/α-hetero) is 1. The zero-order valence-corrected chi connectivity index (χ0v) is 24.2. The van der Waals surface area contributed by atoms with Crippen molar-refractivity contribution in [3.63, 3.8) is 0 Å². The molecule has 1 spiro atoms. The number of cyclic esters (lactones) is 1. The lowest BCUT2D eigenvalue weighted by Gasteiger charge is -2.67. The quantitative estimate of drug-likeness (QED) is 0.301. The molecule has 224 valence electrons. The van der Waals surface area contributed by atoms with Crippen LogP contribution in [-0.4, -0.2) is 70.5 Å². The number of epoxide rings is 1. The number of methoxy groups -OCH3 is 1. The minimum Gasteiger partial charge on any atom is -0.472 e. The van der Waals surface area contributed by atoms with Gasteiger partial charge in [-0.2, -0.15) is 0 Å². The second-order valence-corrected chi connectivity index (χ2v) is 13.6. The van der Waals surface area contributed by atoms with Crippen LogP contribution in [0.5, 0.6) is 0 Å². The minimum absolute atomic E-state index is 0.00870. The van der Waals surface area contributed by atoms with E-state index in [1.54, 1.807) is 40.0 Å². The van der Waals surface area contributed by atoms with Crippen LogP contribution < -0.4 is 0 Å². The van der Waals surface area contributed by atoms with E-state index in [2.05, 4.69) is 0 Å². The normalized spacial score (nSPS) is 46.2. The Bertz CT molecular complexity index is 1300. The van der Waals surface area contributed by atoms with Crippen LogP contribution in [0.4, 0.5) is 0 Å². The second-order valence-electron chi connectivity index (χ2n) is 13.6. The number of ether oxygens (including phenoxy) is 4. The number of hydrogen-bond donors (Lipinski definition) is 2. The summed E-state index contributed by atoms with van der Waals surface area (Å²) in [4.78, 5) is 53.3. The molecule has 1 aromatic heterocycles. The van der Waals surface area contributed by atoms with Crippen molar-refractivity contribution in [3.8, 4) is 0 Å². The van der Waals surface area contributed by atoms with Gasteiger partial charge in [0.05, 0.1) is 26.1 Å². The Balaban J connectivity index is 1.55. The molecule has 11 atom stereocenters. The van der Waals surface area contributed by atoms with Crippen LogP contribution in [0.15, 0.2) is 23.0 Å². The van der Waals surface area contributed by atoms with Gasteiger partial charge in [-0.25, -0.2) is 4.79 Å². The number of aliphatic hydroxyl groups excluding tert-OH is 1. The van der Waals surface area contributed by atoms with E-state index in [0.717, 1.165) is 7.11 Å². The zero-order chi connectivity index (χ0) is 29.9. The maximum atomic E-state index is 14.6. The van der Waals surface area contributed by atoms with Crippen molar-refractivity contribution in [3.05, 3.63) is 24.2 Å². The SMILES string of the molecule is CCC(=O)O[C@@H]1C(C)(C)[C@H]([C@@H](O)C(=O)OC)[C@]2(C)C(=O)[C@]1(O)[C@@H]1O[C@@]13[C@@H]2CC[C@]1(C)[C@H](c2ccoc2)OC(=O)C[C@@H]13. The molecule has 1 aromatic rings. The van der Waals surface area contributed by atoms with E-state index >= 15 is 0 Å². The summed E-state index contributed by atoms with van der Waals surface area (Å²) in [6.45, 7) is 8.64. The highest BCUT2D eigenvalue weighted by molar-refractivity contribution is 5.99. The third-order valence-electron chi connectivity index (χ3n) is 11.4. The standard InChI is InChI=1S/C30H38O11/c1-7-17(31)40-24-26(2,3)20(19(33)22(34)37-6)28(5)15-8-10-27(4)16(30(15)25(41-30)29(24,36)23(28)35)12-18(32)39-21(27)14-9-11-38-13-14/h9,11,13,15-16,19-21,24-25,33,36H,7-8,10,12H2,1-6H3/t15-,16+,19-,20+,21+,24-,25+,27+,28-,29-,30-/m1/s1. The average molecular weight is 575 g/mol. The molecule has 2 aliphatic heterocycles. The van der Waals surface area contributed by atoms with Gasteiger partial charge in [-0.15, -0.1) is 0 Å². The average Bonchev–Trinajstić information content (AvgIpc) is 3.41. The first-order valence-corrected chi connectivity index (χ1v) is 14.3. The smallest absolute Gasteiger partial charge is 0.335 e. The van der Waals surface area contributed by atoms with E-state index < -0.39 is 93.3 Å². The van der Waals surface area contributed by atoms with Gasteiger partial charge in [-0.1, -0.05) is 34.6 Å². The van der Waals surface area contributed by atoms with Crippen LogP contribution in [0.1, 0.15) is 72.0 Å². The van der Waals surface area contributed by atoms with Crippen LogP contribution >= 0.6 is 0 Å². The van der Waals surface area contributed by atoms with Crippen molar-refractivity contribution >= 4 is 23.7 Å². The Morgan fingerprint density at radius 1 is 1.17 bits per heavy atom. The summed E-state index contributed by atoms with van der Waals surface area (Å²) >= 11 is 0. The molecule has 3 aliphatic carbocycles. The lowest BCUT2D eigenvalue weighted by Crippen LogP contribution is -2.81. The predicted octanol–water partition coefficient (Wildman–Crippen LogP) is 2.27. The molecule has 0 amide bonds. The van der Waals surface area contributed by atoms with Gasteiger partial charge in [0.15, 0.2) is 17.5 Å². The van der Waals surface area contributed by atoms with Crippen molar-refractivity contribution in [2.45, 2.75) is 95.9 Å². The molecule has 0 aromatic carbocycles. The number of ketones is 1. The molecule has 0 unspecified atom stereocenters. The molecular formula is C30H38O11. The molecule has 3 saturated carbocycles. The van der Waals surface area contributed by atoms with Gasteiger partial charge in [0.1, 0.15) is 23.9 Å². The van der Waals surface area contributed by atoms with Crippen molar-refractivity contribution in [2.75, 3.05) is 7.11 Å². The maximum Gasteiger partial charge on any atom is 0.335 e. The predicted molar refractivity (Wildman–Crippen MR) is 138 cm³/mol. The van der Waals surface area contributed by atoms with E-state index in [-0.39, 0.29) is 12.8 Å². The third-order valence-corrected chi connectivity index (χ3v) is 11.4. The molecule has 11 nitrogen and oxygen atoms in total. The molecule has 2 bridgehead atoms. The van der Waals surface area contributed by atoms with Crippen LogP contribution in [0.25, 0.3) is 0 Å². The van der Waals surface area contributed by atoms with E-state index in [0.29, 0.717) is 18.4 Å². The van der Waals surface area contributed by atoms with E-state index in [4.69, 9.17) is 23.4 Å². The largest absolute Gasteiger partial charge is 0.472 e. The maximum absolute atomic E-state index is 14.6. The molecule has 41 heavy (non-hydrogen) atoms. The molecule has 11 heteroatoms. The number of carbonyl (C=O) groups excluding carboxylic acids is 4. The Morgan fingerprint density at radius 3 is 2.49 bits per heavy atom. The first kappa shape index (κ1) is 28.4. The molecular weight excluding hydrogens is 536 g/mol. The van der Waals surface area contributed by atoms with Crippen LogP contribution in [0, 0.1) is 34.0 Å². The Labute approximate surface area is 237 Å². The number of rotatable bonds is 5. The monoisotopic (exact) mass is 574 g/mol. The topological polar surface area (TPSA) is 162 Å². The van der Waals surface area contributed by atoms with Gasteiger partial charge in [0, 0.05) is 46.0 Å². The Kier molecular flexibility index (Phi) is 5.98. The minimum atomic E-state index is -2.28. The Morgan fingerprint density at radius 2 is 1.88 bits per heavy atom. The van der Waals surface area contributed by atoms with Gasteiger partial charge in [0.25, 0.3) is 0 Å². The number of esters is 3. The Hall–Kier alpha value is -2.76. The van der Waals surface area contributed by atoms with Crippen molar-refractivity contribution in [2.24, 2.45) is 34.0 Å². The number of aliphatic hydroxyl groups is 2. The molecule has 0 radical (unpaired) electrons. The van der Waals surface area contributed by atoms with E-state index in [1.165, 1.54) is 6.26 Å². The molecule has 5 aliphatic rings. The van der Waals surface area contributed by atoms with Crippen molar-refractivity contribution in [1.82, 2.24) is 0 Å². The number of furan rings is 1. The fraction of sp³-hybridized carbons (Fsp3) is 0.733. The highest BCUT2D eigenvalue weighted by Crippen LogP contribution is 2.78. The molecule has 2 N–H and O–H groups in total. The van der Waals surface area contributed by atoms with Crippen LogP contribution in [0.3, 0.4) is 0 Å². The molecule has 2 saturated heterocycles. The fourth-order valence-corrected chi connectivity index (χ4v) is 9.85. The fourth-order valence-electron chi connectivity index (χ4n) is 9.85. The summed E-state index contributed by atoms with van der Waals surface area (Å²) in [5.74, 6) is -4.82. The van der Waals surface area contributed by atoms with E-state index in [1.807, 2.05) is 6.92 Å². The lowest BCUT2D eigenvalue weighted by molar-refractivity contribution is -0.260. The summed E-state index contributed by atoms with van der Waals surface area (Å²) < 4.78 is 28.5. The van der Waals surface area contributed by atoms with Crippen molar-refractivity contribution in [1.29, 1.82) is 0 Å². The highest BCUT2D eigenvalue weighted by Gasteiger charge is 2.91. The molecule has 6 rings (SSSR count). The summed E-state index contributed by atoms with van der Waals surface area (Å²) in [5.41, 5.74) is -6.17. The third kappa shape index (κ3) is 3.25. The summed E-state index contributed by atoms with van der Waals surface area (Å²) in [5, 5.41) is 24.0. The summed E-state index contributed by atoms with van der Waals surface area (Å²) in [7, 11) is 1.15. The molecule has 3 heterocycles. The zero-order valence-electron chi connectivity index (χ0n) is 24.2. The number of carbonyl (C=O) groups is 4. The van der Waals surface area contributed by atoms with Crippen LogP contribution in [-0.2, 0) is 38.1 Å². The second kappa shape index (κ2) is 8.64. The van der Waals surface area contributed by atoms with E-state index in [9.17, 15) is 29.4 Å². The number of hydrogen-bond acceptors (Lipinski definition) is 11. The first-order chi connectivity index (χ1) is 19.2. The van der Waals surface area contributed by atoms with Gasteiger partial charge in [-0.3, -0.25) is 14.4 Å². The summed E-state index contributed by atoms with van der Waals surface area (Å²) in [6.07, 6.45) is -0.897. The summed E-state index contributed by atoms with van der Waals surface area (Å²) in [6, 6.07) is 1.75. The number of fused-ring (bicyclic) bond motifs is 5. The van der Waals surface area contributed by atoms with Gasteiger partial charge in [-0.05, 0) is 18.9 Å². The first-order valence-electron chi connectivity index (χ1n) is 14.3.